The second-order valence-electron chi connectivity index (χ2n) is 9.65. The summed E-state index contributed by atoms with van der Waals surface area (Å²) in [5.41, 5.74) is 3.16. The average molecular weight is 363 g/mol. The van der Waals surface area contributed by atoms with E-state index in [-0.39, 0.29) is 17.3 Å². The van der Waals surface area contributed by atoms with Crippen molar-refractivity contribution in [2.75, 3.05) is 13.9 Å². The topological polar surface area (TPSA) is 27.7 Å². The highest BCUT2D eigenvalue weighted by Gasteiger charge is 2.61. The predicted octanol–water partition coefficient (Wildman–Crippen LogP) is 5.86. The smallest absolute Gasteiger partial charge is 0.164 e. The molecule has 3 heteroatoms. The Morgan fingerprint density at radius 1 is 1.15 bits per heavy atom. The van der Waals surface area contributed by atoms with Crippen molar-refractivity contribution in [3.63, 3.8) is 0 Å². The van der Waals surface area contributed by atoms with Crippen LogP contribution in [-0.2, 0) is 14.2 Å². The van der Waals surface area contributed by atoms with Gasteiger partial charge in [0.2, 0.25) is 0 Å². The monoisotopic (exact) mass is 362 g/mol. The first-order valence-corrected chi connectivity index (χ1v) is 10.4. The Morgan fingerprint density at radius 2 is 1.92 bits per heavy atom. The van der Waals surface area contributed by atoms with Crippen molar-refractivity contribution in [1.82, 2.24) is 0 Å². The molecular formula is C23H38O3. The lowest BCUT2D eigenvalue weighted by molar-refractivity contribution is -0.217. The van der Waals surface area contributed by atoms with Crippen molar-refractivity contribution in [1.29, 1.82) is 0 Å². The average Bonchev–Trinajstić information content (AvgIpc) is 2.84. The molecule has 0 N–H and O–H groups in total. The number of methoxy groups -OCH3 is 1. The maximum absolute atomic E-state index is 6.60. The number of hydrogen-bond donors (Lipinski definition) is 0. The van der Waals surface area contributed by atoms with Gasteiger partial charge in [0, 0.05) is 18.9 Å². The molecule has 5 atom stereocenters. The van der Waals surface area contributed by atoms with Gasteiger partial charge in [-0.25, -0.2) is 0 Å². The van der Waals surface area contributed by atoms with Gasteiger partial charge in [0.15, 0.2) is 6.29 Å². The van der Waals surface area contributed by atoms with Crippen LogP contribution in [0.3, 0.4) is 0 Å². The Bertz CT molecular complexity index is 562. The van der Waals surface area contributed by atoms with E-state index in [1.54, 1.807) is 12.7 Å². The van der Waals surface area contributed by atoms with Crippen molar-refractivity contribution in [2.24, 2.45) is 23.2 Å². The van der Waals surface area contributed by atoms with Gasteiger partial charge in [0.1, 0.15) is 6.79 Å². The van der Waals surface area contributed by atoms with E-state index in [1.807, 2.05) is 0 Å². The first kappa shape index (κ1) is 20.1. The van der Waals surface area contributed by atoms with Crippen LogP contribution in [0.25, 0.3) is 0 Å². The summed E-state index contributed by atoms with van der Waals surface area (Å²) in [4.78, 5) is 0. The molecular weight excluding hydrogens is 324 g/mol. The molecule has 148 valence electrons. The van der Waals surface area contributed by atoms with Crippen LogP contribution in [0.5, 0.6) is 0 Å². The van der Waals surface area contributed by atoms with Crippen molar-refractivity contribution < 1.29 is 14.2 Å². The van der Waals surface area contributed by atoms with Gasteiger partial charge in [0.05, 0.1) is 5.60 Å². The third-order valence-corrected chi connectivity index (χ3v) is 7.35. The fraction of sp³-hybridized carbons (Fsp3) is 0.826. The number of rotatable bonds is 3. The molecule has 1 saturated heterocycles. The van der Waals surface area contributed by atoms with Gasteiger partial charge in [-0.05, 0) is 70.6 Å². The van der Waals surface area contributed by atoms with E-state index in [4.69, 9.17) is 14.2 Å². The number of ether oxygens (including phenoxy) is 3. The van der Waals surface area contributed by atoms with E-state index in [9.17, 15) is 0 Å². The molecule has 2 bridgehead atoms. The summed E-state index contributed by atoms with van der Waals surface area (Å²) in [6.07, 6.45) is 11.7. The maximum atomic E-state index is 6.60. The molecule has 0 amide bonds. The standard InChI is InChI=1S/C23H38O3/c1-16-8-7-9-17(2)14-19-20-22(3,4)18(11-10-16)12-13-23(20,5)26-21(19)25-15-24-6/h9-10,18-21H,7-8,11-15H2,1-6H3/b16-10+,17-9+/t18-,19-,20?,21+,23-/m0/s1. The lowest BCUT2D eigenvalue weighted by Crippen LogP contribution is -2.51. The molecule has 3 nitrogen and oxygen atoms in total. The highest BCUT2D eigenvalue weighted by atomic mass is 16.8. The van der Waals surface area contributed by atoms with E-state index < -0.39 is 0 Å². The highest BCUT2D eigenvalue weighted by molar-refractivity contribution is 5.14. The first-order chi connectivity index (χ1) is 12.3. The molecule has 0 aromatic rings. The van der Waals surface area contributed by atoms with E-state index in [0.717, 1.165) is 19.3 Å². The number of fused-ring (bicyclic) bond motifs is 1. The Labute approximate surface area is 160 Å². The maximum Gasteiger partial charge on any atom is 0.164 e. The first-order valence-electron chi connectivity index (χ1n) is 10.4. The predicted molar refractivity (Wildman–Crippen MR) is 106 cm³/mol. The second-order valence-corrected chi connectivity index (χ2v) is 9.65. The van der Waals surface area contributed by atoms with Crippen molar-refractivity contribution in [2.45, 2.75) is 85.0 Å². The molecule has 1 unspecified atom stereocenters. The van der Waals surface area contributed by atoms with Crippen LogP contribution in [0.1, 0.15) is 73.1 Å². The molecule has 3 aliphatic rings. The van der Waals surface area contributed by atoms with Gasteiger partial charge in [-0.3, -0.25) is 0 Å². The van der Waals surface area contributed by atoms with Crippen LogP contribution >= 0.6 is 0 Å². The minimum atomic E-state index is -0.161. The van der Waals surface area contributed by atoms with E-state index >= 15 is 0 Å². The fourth-order valence-electron chi connectivity index (χ4n) is 6.05. The molecule has 26 heavy (non-hydrogen) atoms. The molecule has 1 aliphatic heterocycles. The van der Waals surface area contributed by atoms with Crippen LogP contribution in [0.2, 0.25) is 0 Å². The molecule has 0 aromatic heterocycles. The van der Waals surface area contributed by atoms with Crippen molar-refractivity contribution >= 4 is 0 Å². The Kier molecular flexibility index (Phi) is 6.01. The summed E-state index contributed by atoms with van der Waals surface area (Å²) in [7, 11) is 1.69. The molecule has 0 aromatic carbocycles. The van der Waals surface area contributed by atoms with Gasteiger partial charge in [-0.2, -0.15) is 0 Å². The summed E-state index contributed by atoms with van der Waals surface area (Å²) in [5, 5.41) is 0. The summed E-state index contributed by atoms with van der Waals surface area (Å²) >= 11 is 0. The minimum Gasteiger partial charge on any atom is -0.359 e. The second kappa shape index (κ2) is 7.77. The minimum absolute atomic E-state index is 0.0910. The SMILES string of the molecule is COCO[C@@H]1O[C@@]2(C)CC[C@@H]3C/C=C(\C)CC/C=C(\C)C[C@H]1C2C3(C)C. The molecule has 2 aliphatic carbocycles. The molecule has 0 radical (unpaired) electrons. The largest absolute Gasteiger partial charge is 0.359 e. The Morgan fingerprint density at radius 3 is 2.65 bits per heavy atom. The summed E-state index contributed by atoms with van der Waals surface area (Å²) in [6.45, 7) is 12.2. The third kappa shape index (κ3) is 3.81. The van der Waals surface area contributed by atoms with Crippen molar-refractivity contribution in [3.05, 3.63) is 23.3 Å². The normalized spacial score (nSPS) is 44.2. The fourth-order valence-corrected chi connectivity index (χ4v) is 6.05. The molecule has 0 spiro atoms. The van der Waals surface area contributed by atoms with Crippen LogP contribution in [0.15, 0.2) is 23.3 Å². The lowest BCUT2D eigenvalue weighted by Gasteiger charge is -2.52. The van der Waals surface area contributed by atoms with Gasteiger partial charge in [0.25, 0.3) is 0 Å². The lowest BCUT2D eigenvalue weighted by atomic mass is 9.53. The zero-order valence-electron chi connectivity index (χ0n) is 17.6. The highest BCUT2D eigenvalue weighted by Crippen LogP contribution is 2.61. The molecule has 1 saturated carbocycles. The number of allylic oxidation sites excluding steroid dienone is 4. The van der Waals surface area contributed by atoms with Gasteiger partial charge in [-0.15, -0.1) is 0 Å². The summed E-state index contributed by atoms with van der Waals surface area (Å²) < 4.78 is 17.8. The quantitative estimate of drug-likeness (QED) is 0.465. The van der Waals surface area contributed by atoms with Crippen molar-refractivity contribution in [3.8, 4) is 0 Å². The zero-order valence-corrected chi connectivity index (χ0v) is 17.6. The van der Waals surface area contributed by atoms with Crippen LogP contribution in [0.4, 0.5) is 0 Å². The van der Waals surface area contributed by atoms with Gasteiger partial charge in [-0.1, -0.05) is 37.1 Å². The van der Waals surface area contributed by atoms with Crippen LogP contribution in [0, 0.1) is 23.2 Å². The van der Waals surface area contributed by atoms with Crippen LogP contribution < -0.4 is 0 Å². The van der Waals surface area contributed by atoms with E-state index in [2.05, 4.69) is 46.8 Å². The Hall–Kier alpha value is -0.640. The Balaban J connectivity index is 1.98. The summed E-state index contributed by atoms with van der Waals surface area (Å²) in [6, 6.07) is 0. The molecule has 2 fully saturated rings. The zero-order chi connectivity index (χ0) is 18.9. The number of hydrogen-bond acceptors (Lipinski definition) is 3. The van der Waals surface area contributed by atoms with Crippen LogP contribution in [-0.4, -0.2) is 25.8 Å². The van der Waals surface area contributed by atoms with E-state index in [1.165, 1.54) is 24.8 Å². The van der Waals surface area contributed by atoms with Gasteiger partial charge >= 0.3 is 0 Å². The summed E-state index contributed by atoms with van der Waals surface area (Å²) in [5.74, 6) is 1.62. The van der Waals surface area contributed by atoms with E-state index in [0.29, 0.717) is 24.5 Å². The third-order valence-electron chi connectivity index (χ3n) is 7.35. The van der Waals surface area contributed by atoms with Gasteiger partial charge < -0.3 is 14.2 Å². The molecule has 1 heterocycles. The molecule has 3 rings (SSSR count).